The van der Waals surface area contributed by atoms with Gasteiger partial charge in [0.05, 0.1) is 12.1 Å². The maximum atomic E-state index is 13.3. The minimum absolute atomic E-state index is 0.0164. The van der Waals surface area contributed by atoms with Crippen molar-refractivity contribution in [3.63, 3.8) is 0 Å². The van der Waals surface area contributed by atoms with Crippen LogP contribution in [0.4, 0.5) is 13.2 Å². The summed E-state index contributed by atoms with van der Waals surface area (Å²) in [4.78, 5) is 77.0. The topological polar surface area (TPSA) is 235 Å². The summed E-state index contributed by atoms with van der Waals surface area (Å²) in [6.45, 7) is 5.67. The van der Waals surface area contributed by atoms with E-state index in [9.17, 15) is 47.0 Å². The molecular formula is C38H54F3N7O7. The minimum Gasteiger partial charge on any atom is -0.391 e. The zero-order valence-electron chi connectivity index (χ0n) is 31.6. The van der Waals surface area contributed by atoms with Crippen LogP contribution in [-0.2, 0) is 30.4 Å². The van der Waals surface area contributed by atoms with E-state index in [0.717, 1.165) is 37.3 Å². The predicted octanol–water partition coefficient (Wildman–Crippen LogP) is 1.76. The lowest BCUT2D eigenvalue weighted by molar-refractivity contribution is -0.173. The van der Waals surface area contributed by atoms with Gasteiger partial charge in [-0.2, -0.15) is 13.2 Å². The Kier molecular flexibility index (Phi) is 18.9. The van der Waals surface area contributed by atoms with E-state index in [1.165, 1.54) is 19.4 Å². The molecule has 0 unspecified atom stereocenters. The molecule has 0 heterocycles. The number of Topliss-reactive ketones (excluding diaryl/α,β-unsaturated/α-hetero) is 1. The third-order valence-corrected chi connectivity index (χ3v) is 8.76. The second-order valence-electron chi connectivity index (χ2n) is 13.4. The fourth-order valence-electron chi connectivity index (χ4n) is 5.45. The molecule has 0 aromatic heterocycles. The van der Waals surface area contributed by atoms with Gasteiger partial charge in [-0.15, -0.1) is 0 Å². The number of carbonyl (C=O) groups excluding carboxylic acids is 6. The molecule has 0 aliphatic heterocycles. The van der Waals surface area contributed by atoms with E-state index in [4.69, 9.17) is 11.5 Å². The maximum Gasteiger partial charge on any atom is 0.452 e. The van der Waals surface area contributed by atoms with E-state index in [2.05, 4.69) is 40.3 Å². The second kappa shape index (κ2) is 22.5. The summed E-state index contributed by atoms with van der Waals surface area (Å²) in [6.07, 6.45) is -2.81. The molecule has 55 heavy (non-hydrogen) atoms. The van der Waals surface area contributed by atoms with Crippen LogP contribution in [0, 0.1) is 0 Å². The molecule has 0 spiro atoms. The van der Waals surface area contributed by atoms with Crippen LogP contribution in [0.1, 0.15) is 82.1 Å². The van der Waals surface area contributed by atoms with E-state index in [1.54, 1.807) is 24.3 Å². The van der Waals surface area contributed by atoms with Crippen LogP contribution < -0.4 is 38.1 Å². The number of nitrogens with one attached hydrogen (secondary N) is 5. The summed E-state index contributed by atoms with van der Waals surface area (Å²) in [7, 11) is 0. The number of aliphatic hydroxyl groups is 1. The number of hydrogen-bond acceptors (Lipinski definition) is 9. The summed E-state index contributed by atoms with van der Waals surface area (Å²) in [5, 5.41) is 22.0. The van der Waals surface area contributed by atoms with Crippen LogP contribution in [0.25, 0.3) is 11.1 Å². The molecule has 6 atom stereocenters. The van der Waals surface area contributed by atoms with Crippen molar-refractivity contribution in [2.75, 3.05) is 13.1 Å². The average molecular weight is 778 g/mol. The SMILES string of the molecule is CCCCc1ccc(-c2ccc(C(=O)N[C@@H](CCN)C(=O)N[C@H](C(=O)N[C@@H](C)C(=O)N[C@@H](CCCCN)C(=O)N[C@@H](C)C(=O)C(F)(F)F)[C@@H](C)O)cc2)cc1. The molecule has 2 aromatic rings. The number of benzene rings is 2. The number of amides is 5. The molecular weight excluding hydrogens is 723 g/mol. The monoisotopic (exact) mass is 777 g/mol. The van der Waals surface area contributed by atoms with Crippen molar-refractivity contribution in [2.45, 2.75) is 115 Å². The number of unbranched alkanes of at least 4 members (excludes halogenated alkanes) is 2. The molecule has 0 saturated heterocycles. The van der Waals surface area contributed by atoms with E-state index in [1.807, 2.05) is 17.4 Å². The number of aliphatic hydroxyl groups excluding tert-OH is 1. The largest absolute Gasteiger partial charge is 0.452 e. The number of carbonyl (C=O) groups is 6. The molecule has 0 aliphatic rings. The third-order valence-electron chi connectivity index (χ3n) is 8.76. The predicted molar refractivity (Wildman–Crippen MR) is 200 cm³/mol. The number of aryl methyl sites for hydroxylation is 1. The Morgan fingerprint density at radius 3 is 1.73 bits per heavy atom. The Balaban J connectivity index is 2.08. The van der Waals surface area contributed by atoms with Crippen LogP contribution in [0.2, 0.25) is 0 Å². The summed E-state index contributed by atoms with van der Waals surface area (Å²) in [5.74, 6) is -6.57. The van der Waals surface area contributed by atoms with Gasteiger partial charge in [0.1, 0.15) is 24.2 Å². The van der Waals surface area contributed by atoms with Crippen LogP contribution in [-0.4, -0.2) is 96.0 Å². The first-order valence-electron chi connectivity index (χ1n) is 18.3. The summed E-state index contributed by atoms with van der Waals surface area (Å²) < 4.78 is 38.5. The standard InChI is InChI=1S/C38H54F3N7O7/c1-5-6-9-25-11-13-26(14-12-25)27-15-17-28(18-16-27)34(52)47-30(19-21-43)36(54)48-31(24(4)49)37(55)45-23(3)33(51)46-29(10-7-8-20-42)35(53)44-22(2)32(50)38(39,40)41/h11-18,22-24,29-31,49H,5-10,19-21,42-43H2,1-4H3,(H,44,53)(H,45,55)(H,46,51)(H,47,52)(H,48,54)/t22-,23-,24+,29-,30-,31-/m0/s1. The van der Waals surface area contributed by atoms with Crippen molar-refractivity contribution >= 4 is 35.3 Å². The Hall–Kier alpha value is -4.87. The summed E-state index contributed by atoms with van der Waals surface area (Å²) in [5.41, 5.74) is 14.6. The van der Waals surface area contributed by atoms with E-state index < -0.39 is 77.8 Å². The lowest BCUT2D eigenvalue weighted by Gasteiger charge is -2.26. The van der Waals surface area contributed by atoms with Crippen molar-refractivity contribution < 1.29 is 47.0 Å². The normalized spacial score (nSPS) is 14.7. The number of ketones is 1. The van der Waals surface area contributed by atoms with Gasteiger partial charge in [0.2, 0.25) is 23.6 Å². The van der Waals surface area contributed by atoms with Gasteiger partial charge in [-0.05, 0) is 101 Å². The van der Waals surface area contributed by atoms with Gasteiger partial charge in [0.25, 0.3) is 11.7 Å². The molecule has 0 radical (unpaired) electrons. The smallest absolute Gasteiger partial charge is 0.391 e. The van der Waals surface area contributed by atoms with E-state index in [0.29, 0.717) is 12.8 Å². The Morgan fingerprint density at radius 2 is 1.20 bits per heavy atom. The highest BCUT2D eigenvalue weighted by Gasteiger charge is 2.42. The third kappa shape index (κ3) is 15.1. The number of halogens is 3. The van der Waals surface area contributed by atoms with Crippen molar-refractivity contribution in [2.24, 2.45) is 11.5 Å². The number of nitrogens with two attached hydrogens (primary N) is 2. The van der Waals surface area contributed by atoms with Crippen LogP contribution in [0.3, 0.4) is 0 Å². The molecule has 304 valence electrons. The molecule has 2 rings (SSSR count). The number of alkyl halides is 3. The number of hydrogen-bond donors (Lipinski definition) is 8. The molecule has 0 fully saturated rings. The first-order chi connectivity index (χ1) is 25.9. The molecule has 2 aromatic carbocycles. The van der Waals surface area contributed by atoms with Gasteiger partial charge in [0.15, 0.2) is 0 Å². The Bertz CT molecular complexity index is 1590. The lowest BCUT2D eigenvalue weighted by atomic mass is 10.0. The van der Waals surface area contributed by atoms with Gasteiger partial charge in [-0.1, -0.05) is 49.7 Å². The maximum absolute atomic E-state index is 13.3. The minimum atomic E-state index is -5.19. The Labute approximate surface area is 319 Å². The van der Waals surface area contributed by atoms with Crippen molar-refractivity contribution in [1.82, 2.24) is 26.6 Å². The summed E-state index contributed by atoms with van der Waals surface area (Å²) >= 11 is 0. The van der Waals surface area contributed by atoms with Crippen molar-refractivity contribution in [3.8, 4) is 11.1 Å². The highest BCUT2D eigenvalue weighted by atomic mass is 19.4. The zero-order chi connectivity index (χ0) is 41.3. The van der Waals surface area contributed by atoms with Gasteiger partial charge < -0.3 is 43.2 Å². The highest BCUT2D eigenvalue weighted by Crippen LogP contribution is 2.21. The van der Waals surface area contributed by atoms with E-state index >= 15 is 0 Å². The molecule has 17 heteroatoms. The first kappa shape index (κ1) is 46.3. The van der Waals surface area contributed by atoms with Crippen LogP contribution in [0.15, 0.2) is 48.5 Å². The highest BCUT2D eigenvalue weighted by molar-refractivity contribution is 5.99. The van der Waals surface area contributed by atoms with Crippen molar-refractivity contribution in [3.05, 3.63) is 59.7 Å². The van der Waals surface area contributed by atoms with Gasteiger partial charge in [-0.3, -0.25) is 28.8 Å². The molecule has 0 bridgehead atoms. The molecule has 0 saturated carbocycles. The second-order valence-corrected chi connectivity index (χ2v) is 13.4. The summed E-state index contributed by atoms with van der Waals surface area (Å²) in [6, 6.07) is 7.47. The molecule has 0 aliphatic carbocycles. The van der Waals surface area contributed by atoms with Gasteiger partial charge >= 0.3 is 6.18 Å². The lowest BCUT2D eigenvalue weighted by Crippen LogP contribution is -2.60. The van der Waals surface area contributed by atoms with Crippen LogP contribution >= 0.6 is 0 Å². The number of rotatable bonds is 22. The zero-order valence-corrected chi connectivity index (χ0v) is 31.6. The fraction of sp³-hybridized carbons (Fsp3) is 0.526. The molecule has 5 amide bonds. The Morgan fingerprint density at radius 1 is 0.655 bits per heavy atom. The molecule has 10 N–H and O–H groups in total. The van der Waals surface area contributed by atoms with Gasteiger partial charge in [0, 0.05) is 5.56 Å². The quantitative estimate of drug-likeness (QED) is 0.0813. The first-order valence-corrected chi connectivity index (χ1v) is 18.3. The van der Waals surface area contributed by atoms with Crippen molar-refractivity contribution in [1.29, 1.82) is 0 Å². The fourth-order valence-corrected chi connectivity index (χ4v) is 5.45. The van der Waals surface area contributed by atoms with E-state index in [-0.39, 0.29) is 31.5 Å². The molecule has 14 nitrogen and oxygen atoms in total. The van der Waals surface area contributed by atoms with Crippen LogP contribution in [0.5, 0.6) is 0 Å². The average Bonchev–Trinajstić information content (AvgIpc) is 3.14. The van der Waals surface area contributed by atoms with Gasteiger partial charge in [-0.25, -0.2) is 0 Å².